The third-order valence-corrected chi connectivity index (χ3v) is 6.77. The maximum Gasteiger partial charge on any atom is 0.264 e. The fourth-order valence-corrected chi connectivity index (χ4v) is 4.79. The number of benzene rings is 3. The van der Waals surface area contributed by atoms with E-state index in [0.717, 1.165) is 21.0 Å². The summed E-state index contributed by atoms with van der Waals surface area (Å²) in [7, 11) is -4.01. The lowest BCUT2D eigenvalue weighted by molar-refractivity contribution is -0.114. The molecular formula is C23H23ClN2O3S. The van der Waals surface area contributed by atoms with Crippen LogP contribution in [-0.2, 0) is 14.8 Å². The van der Waals surface area contributed by atoms with Gasteiger partial charge >= 0.3 is 0 Å². The van der Waals surface area contributed by atoms with Crippen LogP contribution in [0.4, 0.5) is 11.4 Å². The van der Waals surface area contributed by atoms with Crippen molar-refractivity contribution in [3.05, 3.63) is 88.4 Å². The molecule has 0 bridgehead atoms. The van der Waals surface area contributed by atoms with Gasteiger partial charge in [-0.1, -0.05) is 59.1 Å². The van der Waals surface area contributed by atoms with Crippen LogP contribution in [0.25, 0.3) is 0 Å². The van der Waals surface area contributed by atoms with Crippen LogP contribution >= 0.6 is 11.6 Å². The fourth-order valence-electron chi connectivity index (χ4n) is 3.07. The molecular weight excluding hydrogens is 420 g/mol. The summed E-state index contributed by atoms with van der Waals surface area (Å²) >= 11 is 6.29. The number of carbonyl (C=O) groups excluding carboxylic acids is 1. The van der Waals surface area contributed by atoms with Gasteiger partial charge in [0.1, 0.15) is 6.54 Å². The van der Waals surface area contributed by atoms with Crippen LogP contribution in [0.15, 0.2) is 71.6 Å². The number of sulfonamides is 1. The first-order valence-corrected chi connectivity index (χ1v) is 11.2. The maximum absolute atomic E-state index is 13.4. The second-order valence-electron chi connectivity index (χ2n) is 7.14. The average Bonchev–Trinajstić information content (AvgIpc) is 2.69. The Morgan fingerprint density at radius 2 is 1.57 bits per heavy atom. The summed E-state index contributed by atoms with van der Waals surface area (Å²) in [6, 6.07) is 18.7. The molecule has 0 radical (unpaired) electrons. The lowest BCUT2D eigenvalue weighted by Gasteiger charge is -2.25. The van der Waals surface area contributed by atoms with Gasteiger partial charge in [-0.2, -0.15) is 0 Å². The van der Waals surface area contributed by atoms with Crippen LogP contribution in [0.2, 0.25) is 5.02 Å². The topological polar surface area (TPSA) is 66.5 Å². The van der Waals surface area contributed by atoms with Gasteiger partial charge in [0.05, 0.1) is 15.6 Å². The minimum atomic E-state index is -4.01. The van der Waals surface area contributed by atoms with E-state index in [1.807, 2.05) is 32.9 Å². The SMILES string of the molecule is Cc1ccc(S(=O)(=O)N(CC(=O)Nc2ccc(C)cc2C)c2ccccc2Cl)cc1. The zero-order chi connectivity index (χ0) is 21.9. The van der Waals surface area contributed by atoms with Crippen molar-refractivity contribution in [1.29, 1.82) is 0 Å². The molecule has 0 aliphatic rings. The zero-order valence-corrected chi connectivity index (χ0v) is 18.6. The number of halogens is 1. The van der Waals surface area contributed by atoms with Crippen LogP contribution in [0.1, 0.15) is 16.7 Å². The summed E-state index contributed by atoms with van der Waals surface area (Å²) in [4.78, 5) is 12.9. The second-order valence-corrected chi connectivity index (χ2v) is 9.41. The molecule has 0 fully saturated rings. The summed E-state index contributed by atoms with van der Waals surface area (Å²) in [6.45, 7) is 5.32. The highest BCUT2D eigenvalue weighted by molar-refractivity contribution is 7.92. The Balaban J connectivity index is 1.97. The van der Waals surface area contributed by atoms with E-state index >= 15 is 0 Å². The number of nitrogens with zero attached hydrogens (tertiary/aromatic N) is 1. The minimum Gasteiger partial charge on any atom is -0.324 e. The number of anilines is 2. The Labute approximate surface area is 182 Å². The molecule has 0 aliphatic heterocycles. The van der Waals surface area contributed by atoms with E-state index in [1.165, 1.54) is 12.1 Å². The second kappa shape index (κ2) is 8.90. The van der Waals surface area contributed by atoms with E-state index in [0.29, 0.717) is 5.69 Å². The summed E-state index contributed by atoms with van der Waals surface area (Å²) in [5, 5.41) is 3.04. The van der Waals surface area contributed by atoms with Crippen molar-refractivity contribution >= 4 is 38.9 Å². The summed E-state index contributed by atoms with van der Waals surface area (Å²) in [5.74, 6) is -0.461. The molecule has 156 valence electrons. The Bertz CT molecular complexity index is 1180. The van der Waals surface area contributed by atoms with E-state index in [9.17, 15) is 13.2 Å². The van der Waals surface area contributed by atoms with E-state index in [1.54, 1.807) is 42.5 Å². The molecule has 30 heavy (non-hydrogen) atoms. The van der Waals surface area contributed by atoms with Crippen LogP contribution in [-0.4, -0.2) is 20.9 Å². The number of amides is 1. The quantitative estimate of drug-likeness (QED) is 0.577. The molecule has 1 amide bonds. The minimum absolute atomic E-state index is 0.0901. The van der Waals surface area contributed by atoms with Crippen molar-refractivity contribution in [3.8, 4) is 0 Å². The fraction of sp³-hybridized carbons (Fsp3) is 0.174. The summed E-state index contributed by atoms with van der Waals surface area (Å²) < 4.78 is 27.8. The van der Waals surface area contributed by atoms with Gasteiger partial charge in [-0.05, 0) is 56.7 Å². The maximum atomic E-state index is 13.4. The first-order valence-electron chi connectivity index (χ1n) is 9.39. The molecule has 0 aliphatic carbocycles. The molecule has 1 N–H and O–H groups in total. The number of aryl methyl sites for hydroxylation is 3. The normalized spacial score (nSPS) is 11.2. The molecule has 3 aromatic rings. The van der Waals surface area contributed by atoms with Crippen molar-refractivity contribution in [1.82, 2.24) is 0 Å². The number of carbonyl (C=O) groups is 1. The summed E-state index contributed by atoms with van der Waals surface area (Å²) in [6.07, 6.45) is 0. The smallest absolute Gasteiger partial charge is 0.264 e. The number of nitrogens with one attached hydrogen (secondary N) is 1. The van der Waals surface area contributed by atoms with Crippen molar-refractivity contribution in [2.24, 2.45) is 0 Å². The van der Waals surface area contributed by atoms with Gasteiger partial charge in [-0.25, -0.2) is 8.42 Å². The van der Waals surface area contributed by atoms with E-state index < -0.39 is 22.5 Å². The number of hydrogen-bond acceptors (Lipinski definition) is 3. The van der Waals surface area contributed by atoms with E-state index in [2.05, 4.69) is 5.32 Å². The van der Waals surface area contributed by atoms with Crippen molar-refractivity contribution in [2.45, 2.75) is 25.7 Å². The Morgan fingerprint density at radius 3 is 2.20 bits per heavy atom. The van der Waals surface area contributed by atoms with Crippen LogP contribution in [0, 0.1) is 20.8 Å². The standard InChI is InChI=1S/C23H23ClN2O3S/c1-16-8-11-19(12-9-16)30(28,29)26(22-7-5-4-6-20(22)24)15-23(27)25-21-13-10-17(2)14-18(21)3/h4-14H,15H2,1-3H3,(H,25,27). The molecule has 0 atom stereocenters. The first kappa shape index (κ1) is 21.9. The van der Waals surface area contributed by atoms with E-state index in [-0.39, 0.29) is 15.6 Å². The molecule has 0 saturated heterocycles. The lowest BCUT2D eigenvalue weighted by atomic mass is 10.1. The van der Waals surface area contributed by atoms with Crippen LogP contribution in [0.5, 0.6) is 0 Å². The highest BCUT2D eigenvalue weighted by Crippen LogP contribution is 2.30. The predicted octanol–water partition coefficient (Wildman–Crippen LogP) is 5.10. The molecule has 0 heterocycles. The molecule has 0 aromatic heterocycles. The predicted molar refractivity (Wildman–Crippen MR) is 122 cm³/mol. The molecule has 3 rings (SSSR count). The first-order chi connectivity index (χ1) is 14.2. The van der Waals surface area contributed by atoms with Gasteiger partial charge in [-0.3, -0.25) is 9.10 Å². The highest BCUT2D eigenvalue weighted by Gasteiger charge is 2.28. The van der Waals surface area contributed by atoms with Crippen molar-refractivity contribution in [2.75, 3.05) is 16.2 Å². The molecule has 0 spiro atoms. The van der Waals surface area contributed by atoms with Gasteiger partial charge in [-0.15, -0.1) is 0 Å². The van der Waals surface area contributed by atoms with Gasteiger partial charge in [0.15, 0.2) is 0 Å². The lowest BCUT2D eigenvalue weighted by Crippen LogP contribution is -2.38. The number of hydrogen-bond donors (Lipinski definition) is 1. The third-order valence-electron chi connectivity index (χ3n) is 4.67. The van der Waals surface area contributed by atoms with Gasteiger partial charge < -0.3 is 5.32 Å². The highest BCUT2D eigenvalue weighted by atomic mass is 35.5. The largest absolute Gasteiger partial charge is 0.324 e. The average molecular weight is 443 g/mol. The Kier molecular flexibility index (Phi) is 6.48. The van der Waals surface area contributed by atoms with Gasteiger partial charge in [0, 0.05) is 5.69 Å². The molecule has 3 aromatic carbocycles. The number of para-hydroxylation sites is 1. The van der Waals surface area contributed by atoms with Gasteiger partial charge in [0.2, 0.25) is 5.91 Å². The van der Waals surface area contributed by atoms with Gasteiger partial charge in [0.25, 0.3) is 10.0 Å². The molecule has 0 unspecified atom stereocenters. The monoisotopic (exact) mass is 442 g/mol. The Morgan fingerprint density at radius 1 is 0.933 bits per heavy atom. The van der Waals surface area contributed by atoms with Crippen molar-refractivity contribution in [3.63, 3.8) is 0 Å². The van der Waals surface area contributed by atoms with Crippen LogP contribution in [0.3, 0.4) is 0 Å². The Hall–Kier alpha value is -2.83. The number of rotatable bonds is 6. The summed E-state index contributed by atoms with van der Waals surface area (Å²) in [5.41, 5.74) is 3.79. The van der Waals surface area contributed by atoms with E-state index in [4.69, 9.17) is 11.6 Å². The molecule has 0 saturated carbocycles. The van der Waals surface area contributed by atoms with Crippen molar-refractivity contribution < 1.29 is 13.2 Å². The molecule has 5 nitrogen and oxygen atoms in total. The molecule has 7 heteroatoms. The van der Waals surface area contributed by atoms with Crippen LogP contribution < -0.4 is 9.62 Å². The zero-order valence-electron chi connectivity index (χ0n) is 17.0. The third kappa shape index (κ3) is 4.83.